The van der Waals surface area contributed by atoms with E-state index in [2.05, 4.69) is 15.5 Å². The van der Waals surface area contributed by atoms with Crippen LogP contribution >= 0.6 is 0 Å². The second kappa shape index (κ2) is 8.35. The fourth-order valence-electron chi connectivity index (χ4n) is 2.61. The molecule has 29 heavy (non-hydrogen) atoms. The minimum absolute atomic E-state index is 0.171. The summed E-state index contributed by atoms with van der Waals surface area (Å²) in [6, 6.07) is 22.0. The summed E-state index contributed by atoms with van der Waals surface area (Å²) in [6.07, 6.45) is 0. The summed E-state index contributed by atoms with van der Waals surface area (Å²) in [6.45, 7) is -0.171. The summed E-state index contributed by atoms with van der Waals surface area (Å²) < 4.78 is 24.1. The lowest BCUT2D eigenvalue weighted by molar-refractivity contribution is -0.118. The molecule has 144 valence electrons. The van der Waals surface area contributed by atoms with Crippen LogP contribution in [0.25, 0.3) is 22.9 Å². The van der Waals surface area contributed by atoms with Gasteiger partial charge in [0.2, 0.25) is 11.8 Å². The normalized spacial score (nSPS) is 10.5. The van der Waals surface area contributed by atoms with Gasteiger partial charge < -0.3 is 14.5 Å². The van der Waals surface area contributed by atoms with Crippen molar-refractivity contribution in [2.24, 2.45) is 0 Å². The molecule has 0 unspecified atom stereocenters. The topological polar surface area (TPSA) is 77.2 Å². The van der Waals surface area contributed by atoms with Crippen LogP contribution in [0.1, 0.15) is 0 Å². The SMILES string of the molecule is O=C(COc1ccc(-c2nnc(-c3ccccc3)o2)cc1)Nc1ccc(F)cc1. The van der Waals surface area contributed by atoms with E-state index < -0.39 is 0 Å². The predicted molar refractivity (Wildman–Crippen MR) is 106 cm³/mol. The summed E-state index contributed by atoms with van der Waals surface area (Å²) in [5.74, 6) is 0.648. The average molecular weight is 389 g/mol. The third-order valence-corrected chi connectivity index (χ3v) is 4.04. The van der Waals surface area contributed by atoms with Gasteiger partial charge in [0.15, 0.2) is 6.61 Å². The average Bonchev–Trinajstić information content (AvgIpc) is 3.25. The van der Waals surface area contributed by atoms with E-state index in [1.54, 1.807) is 24.3 Å². The highest BCUT2D eigenvalue weighted by atomic mass is 19.1. The smallest absolute Gasteiger partial charge is 0.262 e. The zero-order valence-corrected chi connectivity index (χ0v) is 15.2. The quantitative estimate of drug-likeness (QED) is 0.523. The molecule has 0 radical (unpaired) electrons. The molecule has 0 spiro atoms. The fourth-order valence-corrected chi connectivity index (χ4v) is 2.61. The van der Waals surface area contributed by atoms with Crippen molar-refractivity contribution in [1.29, 1.82) is 0 Å². The first-order chi connectivity index (χ1) is 14.2. The van der Waals surface area contributed by atoms with Crippen molar-refractivity contribution in [1.82, 2.24) is 10.2 Å². The number of anilines is 1. The molecule has 0 bridgehead atoms. The van der Waals surface area contributed by atoms with Gasteiger partial charge in [0.1, 0.15) is 11.6 Å². The van der Waals surface area contributed by atoms with Crippen molar-refractivity contribution in [2.45, 2.75) is 0 Å². The first kappa shape index (κ1) is 18.4. The van der Waals surface area contributed by atoms with Gasteiger partial charge >= 0.3 is 0 Å². The van der Waals surface area contributed by atoms with E-state index in [4.69, 9.17) is 9.15 Å². The Morgan fingerprint density at radius 2 is 1.48 bits per heavy atom. The molecule has 3 aromatic carbocycles. The number of carbonyl (C=O) groups excluding carboxylic acids is 1. The van der Waals surface area contributed by atoms with Crippen LogP contribution in [0.2, 0.25) is 0 Å². The lowest BCUT2D eigenvalue weighted by Crippen LogP contribution is -2.20. The van der Waals surface area contributed by atoms with Crippen LogP contribution in [0.4, 0.5) is 10.1 Å². The number of aromatic nitrogens is 2. The number of rotatable bonds is 6. The van der Waals surface area contributed by atoms with Crippen LogP contribution < -0.4 is 10.1 Å². The fraction of sp³-hybridized carbons (Fsp3) is 0.0455. The highest BCUT2D eigenvalue weighted by molar-refractivity contribution is 5.91. The van der Waals surface area contributed by atoms with E-state index in [1.807, 2.05) is 30.3 Å². The number of ether oxygens (including phenoxy) is 1. The summed E-state index contributed by atoms with van der Waals surface area (Å²) in [5, 5.41) is 10.8. The van der Waals surface area contributed by atoms with E-state index >= 15 is 0 Å². The molecule has 0 atom stereocenters. The van der Waals surface area contributed by atoms with Crippen molar-refractivity contribution in [2.75, 3.05) is 11.9 Å². The molecule has 0 saturated carbocycles. The maximum atomic E-state index is 12.9. The molecule has 0 fully saturated rings. The number of benzene rings is 3. The van der Waals surface area contributed by atoms with Gasteiger partial charge in [-0.25, -0.2) is 4.39 Å². The van der Waals surface area contributed by atoms with Gasteiger partial charge in [0.25, 0.3) is 5.91 Å². The number of nitrogens with one attached hydrogen (secondary N) is 1. The number of amides is 1. The molecular weight excluding hydrogens is 373 g/mol. The van der Waals surface area contributed by atoms with Crippen molar-refractivity contribution in [3.8, 4) is 28.7 Å². The Labute approximate surface area is 166 Å². The number of hydrogen-bond acceptors (Lipinski definition) is 5. The number of carbonyl (C=O) groups is 1. The third kappa shape index (κ3) is 4.65. The Hall–Kier alpha value is -4.00. The molecular formula is C22H16FN3O3. The third-order valence-electron chi connectivity index (χ3n) is 4.04. The number of halogens is 1. The van der Waals surface area contributed by atoms with Crippen LogP contribution in [0.15, 0.2) is 83.3 Å². The minimum atomic E-state index is -0.364. The van der Waals surface area contributed by atoms with Crippen LogP contribution in [0.5, 0.6) is 5.75 Å². The minimum Gasteiger partial charge on any atom is -0.484 e. The molecule has 7 heteroatoms. The zero-order valence-electron chi connectivity index (χ0n) is 15.2. The predicted octanol–water partition coefficient (Wildman–Crippen LogP) is 4.56. The molecule has 0 aliphatic rings. The Balaban J connectivity index is 1.35. The largest absolute Gasteiger partial charge is 0.484 e. The molecule has 1 N–H and O–H groups in total. The molecule has 1 amide bonds. The van der Waals surface area contributed by atoms with Gasteiger partial charge in [-0.2, -0.15) is 0 Å². The van der Waals surface area contributed by atoms with E-state index in [0.717, 1.165) is 11.1 Å². The maximum absolute atomic E-state index is 12.9. The van der Waals surface area contributed by atoms with Gasteiger partial charge in [-0.1, -0.05) is 18.2 Å². The number of hydrogen-bond donors (Lipinski definition) is 1. The molecule has 4 rings (SSSR count). The van der Waals surface area contributed by atoms with Crippen LogP contribution in [0, 0.1) is 5.82 Å². The lowest BCUT2D eigenvalue weighted by Gasteiger charge is -2.07. The van der Waals surface area contributed by atoms with Gasteiger partial charge in [0, 0.05) is 16.8 Å². The lowest BCUT2D eigenvalue weighted by atomic mass is 10.2. The standard InChI is InChI=1S/C22H16FN3O3/c23-17-8-10-18(11-9-17)24-20(27)14-28-19-12-6-16(7-13-19)22-26-25-21(29-22)15-4-2-1-3-5-15/h1-13H,14H2,(H,24,27). The van der Waals surface area contributed by atoms with Gasteiger partial charge in [0.05, 0.1) is 0 Å². The van der Waals surface area contributed by atoms with Crippen molar-refractivity contribution in [3.63, 3.8) is 0 Å². The van der Waals surface area contributed by atoms with Gasteiger partial charge in [-0.15, -0.1) is 10.2 Å². The first-order valence-corrected chi connectivity index (χ1v) is 8.85. The monoisotopic (exact) mass is 389 g/mol. The number of nitrogens with zero attached hydrogens (tertiary/aromatic N) is 2. The summed E-state index contributed by atoms with van der Waals surface area (Å²) in [5.41, 5.74) is 2.09. The molecule has 6 nitrogen and oxygen atoms in total. The van der Waals surface area contributed by atoms with E-state index in [0.29, 0.717) is 23.2 Å². The van der Waals surface area contributed by atoms with Crippen LogP contribution in [0.3, 0.4) is 0 Å². The molecule has 1 aromatic heterocycles. The highest BCUT2D eigenvalue weighted by Gasteiger charge is 2.10. The Kier molecular flexibility index (Phi) is 5.29. The summed E-state index contributed by atoms with van der Waals surface area (Å²) in [4.78, 5) is 11.9. The van der Waals surface area contributed by atoms with Crippen LogP contribution in [-0.2, 0) is 4.79 Å². The second-order valence-electron chi connectivity index (χ2n) is 6.15. The maximum Gasteiger partial charge on any atom is 0.262 e. The zero-order chi connectivity index (χ0) is 20.1. The van der Waals surface area contributed by atoms with E-state index in [-0.39, 0.29) is 18.3 Å². The Bertz CT molecular complexity index is 1090. The molecule has 1 heterocycles. The second-order valence-corrected chi connectivity index (χ2v) is 6.15. The summed E-state index contributed by atoms with van der Waals surface area (Å²) in [7, 11) is 0. The van der Waals surface area contributed by atoms with Crippen molar-refractivity contribution >= 4 is 11.6 Å². The Morgan fingerprint density at radius 3 is 2.14 bits per heavy atom. The van der Waals surface area contributed by atoms with Crippen molar-refractivity contribution < 1.29 is 18.3 Å². The molecule has 0 aliphatic carbocycles. The Morgan fingerprint density at radius 1 is 0.862 bits per heavy atom. The molecule has 4 aromatic rings. The summed E-state index contributed by atoms with van der Waals surface area (Å²) >= 11 is 0. The molecule has 0 aliphatic heterocycles. The van der Waals surface area contributed by atoms with Gasteiger partial charge in [-0.05, 0) is 60.7 Å². The van der Waals surface area contributed by atoms with Crippen molar-refractivity contribution in [3.05, 3.63) is 84.7 Å². The van der Waals surface area contributed by atoms with Gasteiger partial charge in [-0.3, -0.25) is 4.79 Å². The highest BCUT2D eigenvalue weighted by Crippen LogP contribution is 2.25. The molecule has 0 saturated heterocycles. The van der Waals surface area contributed by atoms with E-state index in [1.165, 1.54) is 24.3 Å². The van der Waals surface area contributed by atoms with E-state index in [9.17, 15) is 9.18 Å². The van der Waals surface area contributed by atoms with Crippen LogP contribution in [-0.4, -0.2) is 22.7 Å². The first-order valence-electron chi connectivity index (χ1n) is 8.85.